The summed E-state index contributed by atoms with van der Waals surface area (Å²) in [5, 5.41) is 68.2. The van der Waals surface area contributed by atoms with Crippen molar-refractivity contribution >= 4 is 5.97 Å². The number of carbonyl (C=O) groups excluding carboxylic acids is 1. The van der Waals surface area contributed by atoms with Crippen LogP contribution in [0.3, 0.4) is 0 Å². The van der Waals surface area contributed by atoms with Gasteiger partial charge in [-0.15, -0.1) is 0 Å². The van der Waals surface area contributed by atoms with E-state index in [0.29, 0.717) is 0 Å². The van der Waals surface area contributed by atoms with E-state index in [0.717, 1.165) is 6.92 Å². The van der Waals surface area contributed by atoms with Gasteiger partial charge in [0.1, 0.15) is 43.2 Å². The van der Waals surface area contributed by atoms with E-state index in [2.05, 4.69) is 0 Å². The van der Waals surface area contributed by atoms with Crippen molar-refractivity contribution in [2.24, 2.45) is 0 Å². The van der Waals surface area contributed by atoms with Crippen molar-refractivity contribution in [3.8, 4) is 0 Å². The first-order chi connectivity index (χ1) is 12.2. The molecular weight excluding hydrogens is 360 g/mol. The van der Waals surface area contributed by atoms with Gasteiger partial charge in [-0.3, -0.25) is 4.79 Å². The fourth-order valence-corrected chi connectivity index (χ4v) is 2.93. The van der Waals surface area contributed by atoms with Crippen molar-refractivity contribution in [3.63, 3.8) is 0 Å². The fraction of sp³-hybridized carbons (Fsp3) is 0.929. The van der Waals surface area contributed by atoms with Gasteiger partial charge in [-0.2, -0.15) is 0 Å². The quantitative estimate of drug-likeness (QED) is 0.216. The minimum Gasteiger partial charge on any atom is -0.454 e. The molecule has 12 nitrogen and oxygen atoms in total. The van der Waals surface area contributed by atoms with Gasteiger partial charge in [-0.25, -0.2) is 0 Å². The molecule has 12 heteroatoms. The highest BCUT2D eigenvalue weighted by Gasteiger charge is 2.59. The highest BCUT2D eigenvalue weighted by Crippen LogP contribution is 2.36. The number of rotatable bonds is 6. The maximum absolute atomic E-state index is 11.3. The lowest BCUT2D eigenvalue weighted by Gasteiger charge is -2.44. The second-order valence-electron chi connectivity index (χ2n) is 6.14. The Morgan fingerprint density at radius 2 is 1.62 bits per heavy atom. The second-order valence-corrected chi connectivity index (χ2v) is 6.14. The molecule has 2 aliphatic heterocycles. The van der Waals surface area contributed by atoms with Crippen LogP contribution in [0.2, 0.25) is 0 Å². The zero-order valence-electron chi connectivity index (χ0n) is 13.9. The Kier molecular flexibility index (Phi) is 6.90. The van der Waals surface area contributed by atoms with Crippen LogP contribution in [0, 0.1) is 0 Å². The van der Waals surface area contributed by atoms with Crippen LogP contribution < -0.4 is 0 Å². The van der Waals surface area contributed by atoms with Crippen LogP contribution in [0.1, 0.15) is 6.92 Å². The van der Waals surface area contributed by atoms with Gasteiger partial charge >= 0.3 is 5.97 Å². The summed E-state index contributed by atoms with van der Waals surface area (Å²) in [4.78, 5) is 11.3. The maximum atomic E-state index is 11.3. The molecule has 26 heavy (non-hydrogen) atoms. The fourth-order valence-electron chi connectivity index (χ4n) is 2.93. The van der Waals surface area contributed by atoms with Crippen LogP contribution in [0.5, 0.6) is 0 Å². The lowest BCUT2D eigenvalue weighted by molar-refractivity contribution is -0.383. The van der Waals surface area contributed by atoms with Crippen LogP contribution in [-0.2, 0) is 23.7 Å². The number of ether oxygens (including phenoxy) is 4. The molecule has 0 spiro atoms. The van der Waals surface area contributed by atoms with Crippen molar-refractivity contribution in [2.45, 2.75) is 61.7 Å². The number of hydrogen-bond donors (Lipinski definition) is 7. The standard InChI is InChI=1S/C14H24O12/c1-5(18)23-11-10(21)8(19)6(2-15)24-13(11)26-14(4-17)12(22)9(20)7(3-16)25-14/h6-13,15-17,19-22H,2-4H2,1H3/t6-,7-,8-,9-,10+,11-,12+,13?,14?/m1/s1. The molecule has 2 fully saturated rings. The van der Waals surface area contributed by atoms with Gasteiger partial charge in [-0.05, 0) is 0 Å². The van der Waals surface area contributed by atoms with E-state index in [1.54, 1.807) is 0 Å². The van der Waals surface area contributed by atoms with Crippen molar-refractivity contribution in [2.75, 3.05) is 19.8 Å². The largest absolute Gasteiger partial charge is 0.454 e. The van der Waals surface area contributed by atoms with Crippen LogP contribution >= 0.6 is 0 Å². The third-order valence-electron chi connectivity index (χ3n) is 4.35. The first-order valence-corrected chi connectivity index (χ1v) is 7.94. The summed E-state index contributed by atoms with van der Waals surface area (Å²) in [7, 11) is 0. The predicted octanol–water partition coefficient (Wildman–Crippen LogP) is -4.82. The van der Waals surface area contributed by atoms with E-state index in [4.69, 9.17) is 18.9 Å². The van der Waals surface area contributed by atoms with E-state index in [1.807, 2.05) is 0 Å². The van der Waals surface area contributed by atoms with Crippen LogP contribution in [0.4, 0.5) is 0 Å². The zero-order chi connectivity index (χ0) is 19.6. The van der Waals surface area contributed by atoms with Crippen molar-refractivity contribution < 1.29 is 59.5 Å². The summed E-state index contributed by atoms with van der Waals surface area (Å²) in [6, 6.07) is 0. The molecule has 7 N–H and O–H groups in total. The zero-order valence-corrected chi connectivity index (χ0v) is 13.9. The van der Waals surface area contributed by atoms with Gasteiger partial charge < -0.3 is 54.7 Å². The van der Waals surface area contributed by atoms with E-state index in [-0.39, 0.29) is 0 Å². The first kappa shape index (κ1) is 21.4. The summed E-state index contributed by atoms with van der Waals surface area (Å²) in [6.07, 6.45) is -12.6. The Morgan fingerprint density at radius 3 is 2.08 bits per heavy atom. The molecule has 0 aromatic carbocycles. The molecular formula is C14H24O12. The first-order valence-electron chi connectivity index (χ1n) is 7.94. The predicted molar refractivity (Wildman–Crippen MR) is 78.2 cm³/mol. The van der Waals surface area contributed by atoms with Crippen molar-refractivity contribution in [1.82, 2.24) is 0 Å². The smallest absolute Gasteiger partial charge is 0.303 e. The van der Waals surface area contributed by atoms with Crippen molar-refractivity contribution in [1.29, 1.82) is 0 Å². The molecule has 2 aliphatic rings. The molecule has 9 atom stereocenters. The number of aliphatic hydroxyl groups is 7. The van der Waals surface area contributed by atoms with Crippen LogP contribution in [0.25, 0.3) is 0 Å². The monoisotopic (exact) mass is 384 g/mol. The summed E-state index contributed by atoms with van der Waals surface area (Å²) < 4.78 is 20.8. The Balaban J connectivity index is 2.28. The molecule has 2 rings (SSSR count). The third kappa shape index (κ3) is 3.84. The normalized spacial score (nSPS) is 46.3. The second kappa shape index (κ2) is 8.39. The summed E-state index contributed by atoms with van der Waals surface area (Å²) in [6.45, 7) is -1.37. The van der Waals surface area contributed by atoms with Crippen molar-refractivity contribution in [3.05, 3.63) is 0 Å². The van der Waals surface area contributed by atoms with E-state index < -0.39 is 80.6 Å². The highest BCUT2D eigenvalue weighted by atomic mass is 16.8. The summed E-state index contributed by atoms with van der Waals surface area (Å²) >= 11 is 0. The molecule has 2 heterocycles. The Labute approximate surface area is 148 Å². The van der Waals surface area contributed by atoms with Crippen LogP contribution in [-0.4, -0.2) is 116 Å². The minimum absolute atomic E-state index is 0.692. The van der Waals surface area contributed by atoms with E-state index >= 15 is 0 Å². The van der Waals surface area contributed by atoms with Gasteiger partial charge in [0, 0.05) is 6.92 Å². The minimum atomic E-state index is -2.27. The number of hydrogen-bond acceptors (Lipinski definition) is 12. The molecule has 0 amide bonds. The van der Waals surface area contributed by atoms with E-state index in [9.17, 15) is 40.5 Å². The van der Waals surface area contributed by atoms with Gasteiger partial charge in [0.05, 0.1) is 13.2 Å². The summed E-state index contributed by atoms with van der Waals surface area (Å²) in [5.74, 6) is -3.11. The molecule has 0 radical (unpaired) electrons. The Morgan fingerprint density at radius 1 is 1.00 bits per heavy atom. The Hall–Kier alpha value is -0.930. The Bertz CT molecular complexity index is 489. The SMILES string of the molecule is CC(=O)O[C@H]1C(OC2(CO)O[C@H](CO)[C@@H](O)[C@@H]2O)O[C@H](CO)[C@@H](O)[C@@H]1O. The van der Waals surface area contributed by atoms with Gasteiger partial charge in [0.2, 0.25) is 12.1 Å². The maximum Gasteiger partial charge on any atom is 0.303 e. The number of carbonyl (C=O) groups is 1. The molecule has 152 valence electrons. The molecule has 0 saturated carbocycles. The molecule has 2 unspecified atom stereocenters. The third-order valence-corrected chi connectivity index (χ3v) is 4.35. The lowest BCUT2D eigenvalue weighted by atomic mass is 9.98. The number of esters is 1. The van der Waals surface area contributed by atoms with Gasteiger partial charge in [0.15, 0.2) is 6.10 Å². The topological polar surface area (TPSA) is 196 Å². The number of aliphatic hydroxyl groups excluding tert-OH is 7. The van der Waals surface area contributed by atoms with Gasteiger partial charge in [0.25, 0.3) is 0 Å². The molecule has 2 saturated heterocycles. The average molecular weight is 384 g/mol. The molecule has 0 aromatic rings. The summed E-state index contributed by atoms with van der Waals surface area (Å²) in [5.41, 5.74) is 0. The molecule has 0 aliphatic carbocycles. The average Bonchev–Trinajstić information content (AvgIpc) is 2.86. The van der Waals surface area contributed by atoms with Crippen LogP contribution in [0.15, 0.2) is 0 Å². The highest BCUT2D eigenvalue weighted by molar-refractivity contribution is 5.66. The lowest BCUT2D eigenvalue weighted by Crippen LogP contribution is -2.63. The van der Waals surface area contributed by atoms with E-state index in [1.165, 1.54) is 0 Å². The van der Waals surface area contributed by atoms with Gasteiger partial charge in [-0.1, -0.05) is 0 Å². The molecule has 0 aromatic heterocycles. The molecule has 0 bridgehead atoms.